The summed E-state index contributed by atoms with van der Waals surface area (Å²) >= 11 is 1.50. The van der Waals surface area contributed by atoms with E-state index in [2.05, 4.69) is 37.4 Å². The summed E-state index contributed by atoms with van der Waals surface area (Å²) < 4.78 is 2.08. The van der Waals surface area contributed by atoms with Crippen LogP contribution in [-0.4, -0.2) is 20.4 Å². The molecule has 5 rings (SSSR count). The number of aryl methyl sites for hydroxylation is 1. The van der Waals surface area contributed by atoms with Gasteiger partial charge in [-0.1, -0.05) is 66.2 Å². The molecule has 5 aromatic rings. The lowest BCUT2D eigenvalue weighted by atomic mass is 10.1. The maximum absolute atomic E-state index is 12.9. The van der Waals surface area contributed by atoms with Gasteiger partial charge in [-0.3, -0.25) is 9.36 Å². The van der Waals surface area contributed by atoms with Crippen molar-refractivity contribution < 1.29 is 4.79 Å². The largest absolute Gasteiger partial charge is 0.339 e. The highest BCUT2D eigenvalue weighted by Gasteiger charge is 2.16. The van der Waals surface area contributed by atoms with Gasteiger partial charge < -0.3 is 10.3 Å². The number of carbonyl (C=O) groups excluding carboxylic acids is 1. The number of benzene rings is 3. The lowest BCUT2D eigenvalue weighted by Crippen LogP contribution is -2.15. The van der Waals surface area contributed by atoms with Crippen molar-refractivity contribution in [3.05, 3.63) is 113 Å². The van der Waals surface area contributed by atoms with Crippen LogP contribution in [0.3, 0.4) is 0 Å². The molecule has 0 bridgehead atoms. The highest BCUT2D eigenvalue weighted by Crippen LogP contribution is 2.24. The van der Waals surface area contributed by atoms with Crippen LogP contribution in [0.4, 0.5) is 11.5 Å². The first kappa shape index (κ1) is 20.7. The van der Waals surface area contributed by atoms with Crippen LogP contribution in [0.15, 0.2) is 102 Å². The SMILES string of the molecule is Cc1ccc(NC(=O)c2[nH]cnc2N=c2scc(-c3ccccc3)n2-c2ccccc2)cc1. The Morgan fingerprint density at radius 1 is 0.970 bits per heavy atom. The van der Waals surface area contributed by atoms with Gasteiger partial charge in [-0.2, -0.15) is 4.99 Å². The lowest BCUT2D eigenvalue weighted by Gasteiger charge is -2.09. The van der Waals surface area contributed by atoms with Crippen LogP contribution in [0, 0.1) is 6.92 Å². The number of hydrogen-bond acceptors (Lipinski definition) is 4. The Balaban J connectivity index is 1.57. The number of amides is 1. The summed E-state index contributed by atoms with van der Waals surface area (Å²) in [6.07, 6.45) is 1.49. The molecule has 0 spiro atoms. The normalized spacial score (nSPS) is 11.5. The average molecular weight is 452 g/mol. The summed E-state index contributed by atoms with van der Waals surface area (Å²) in [6, 6.07) is 27.8. The van der Waals surface area contributed by atoms with Gasteiger partial charge in [-0.15, -0.1) is 11.3 Å². The number of thiazole rings is 1. The van der Waals surface area contributed by atoms with Crippen LogP contribution in [0.25, 0.3) is 16.9 Å². The van der Waals surface area contributed by atoms with Crippen molar-refractivity contribution in [3.8, 4) is 16.9 Å². The molecule has 2 heterocycles. The molecule has 0 aliphatic carbocycles. The number of hydrogen-bond donors (Lipinski definition) is 2. The molecule has 0 unspecified atom stereocenters. The number of aromatic amines is 1. The molecule has 0 fully saturated rings. The van der Waals surface area contributed by atoms with Crippen molar-refractivity contribution in [3.63, 3.8) is 0 Å². The van der Waals surface area contributed by atoms with E-state index in [9.17, 15) is 4.79 Å². The second-order valence-electron chi connectivity index (χ2n) is 7.47. The zero-order valence-electron chi connectivity index (χ0n) is 17.9. The third kappa shape index (κ3) is 4.40. The van der Waals surface area contributed by atoms with Gasteiger partial charge in [-0.25, -0.2) is 4.98 Å². The summed E-state index contributed by atoms with van der Waals surface area (Å²) in [6.45, 7) is 2.00. The molecule has 0 aliphatic rings. The number of nitrogens with zero attached hydrogens (tertiary/aromatic N) is 3. The Hall–Kier alpha value is -4.23. The molecule has 7 heteroatoms. The zero-order chi connectivity index (χ0) is 22.6. The van der Waals surface area contributed by atoms with Crippen molar-refractivity contribution >= 4 is 28.7 Å². The highest BCUT2D eigenvalue weighted by molar-refractivity contribution is 7.07. The summed E-state index contributed by atoms with van der Waals surface area (Å²) in [5, 5.41) is 4.97. The maximum atomic E-state index is 12.9. The predicted molar refractivity (Wildman–Crippen MR) is 132 cm³/mol. The van der Waals surface area contributed by atoms with E-state index in [-0.39, 0.29) is 5.91 Å². The van der Waals surface area contributed by atoms with E-state index in [4.69, 9.17) is 4.99 Å². The molecule has 6 nitrogen and oxygen atoms in total. The Labute approximate surface area is 194 Å². The minimum atomic E-state index is -0.291. The van der Waals surface area contributed by atoms with Crippen LogP contribution in [0.1, 0.15) is 16.1 Å². The second kappa shape index (κ2) is 9.10. The zero-order valence-corrected chi connectivity index (χ0v) is 18.7. The first-order chi connectivity index (χ1) is 16.2. The Kier molecular flexibility index (Phi) is 5.70. The van der Waals surface area contributed by atoms with Crippen molar-refractivity contribution in [2.75, 3.05) is 5.32 Å². The van der Waals surface area contributed by atoms with Gasteiger partial charge >= 0.3 is 0 Å². The number of anilines is 1. The minimum Gasteiger partial charge on any atom is -0.339 e. The van der Waals surface area contributed by atoms with Crippen LogP contribution in [0.5, 0.6) is 0 Å². The van der Waals surface area contributed by atoms with Crippen LogP contribution < -0.4 is 10.1 Å². The fourth-order valence-electron chi connectivity index (χ4n) is 3.49. The molecule has 0 radical (unpaired) electrons. The predicted octanol–water partition coefficient (Wildman–Crippen LogP) is 5.72. The van der Waals surface area contributed by atoms with Gasteiger partial charge in [0.05, 0.1) is 12.0 Å². The quantitative estimate of drug-likeness (QED) is 0.358. The standard InChI is InChI=1S/C26H21N5OS/c1-18-12-14-20(15-13-18)29-25(32)23-24(28-17-27-23)30-26-31(21-10-6-3-7-11-21)22(16-33-26)19-8-4-2-5-9-19/h2-17H,1H3,(H,27,28)(H,29,32). The Morgan fingerprint density at radius 3 is 2.39 bits per heavy atom. The van der Waals surface area contributed by atoms with Gasteiger partial charge in [0.15, 0.2) is 16.3 Å². The Bertz CT molecular complexity index is 1450. The average Bonchev–Trinajstić information content (AvgIpc) is 3.49. The number of rotatable bonds is 5. The minimum absolute atomic E-state index is 0.291. The van der Waals surface area contributed by atoms with E-state index in [1.54, 1.807) is 0 Å². The van der Waals surface area contributed by atoms with Crippen molar-refractivity contribution in [2.45, 2.75) is 6.92 Å². The van der Waals surface area contributed by atoms with Gasteiger partial charge in [0.2, 0.25) is 0 Å². The van der Waals surface area contributed by atoms with Crippen molar-refractivity contribution in [1.29, 1.82) is 0 Å². The molecule has 1 amide bonds. The van der Waals surface area contributed by atoms with Gasteiger partial charge in [0, 0.05) is 16.8 Å². The van der Waals surface area contributed by atoms with E-state index >= 15 is 0 Å². The molecular formula is C26H21N5OS. The van der Waals surface area contributed by atoms with Crippen LogP contribution in [0.2, 0.25) is 0 Å². The molecule has 3 aromatic carbocycles. The summed E-state index contributed by atoms with van der Waals surface area (Å²) in [4.78, 5) is 25.7. The molecule has 0 saturated carbocycles. The molecule has 2 aromatic heterocycles. The van der Waals surface area contributed by atoms with Gasteiger partial charge in [0.25, 0.3) is 5.91 Å². The first-order valence-electron chi connectivity index (χ1n) is 10.5. The van der Waals surface area contributed by atoms with E-state index in [0.717, 1.165) is 27.3 Å². The monoisotopic (exact) mass is 451 g/mol. The third-order valence-electron chi connectivity index (χ3n) is 5.15. The second-order valence-corrected chi connectivity index (χ2v) is 8.31. The Morgan fingerprint density at radius 2 is 1.67 bits per heavy atom. The molecule has 33 heavy (non-hydrogen) atoms. The number of H-pyrrole nitrogens is 1. The summed E-state index contributed by atoms with van der Waals surface area (Å²) in [7, 11) is 0. The molecule has 0 saturated heterocycles. The molecule has 162 valence electrons. The summed E-state index contributed by atoms with van der Waals surface area (Å²) in [5.74, 6) is 0.0481. The molecular weight excluding hydrogens is 430 g/mol. The number of imidazole rings is 1. The van der Waals surface area contributed by atoms with Crippen molar-refractivity contribution in [2.24, 2.45) is 4.99 Å². The third-order valence-corrected chi connectivity index (χ3v) is 5.98. The van der Waals surface area contributed by atoms with E-state index < -0.39 is 0 Å². The van der Waals surface area contributed by atoms with E-state index in [0.29, 0.717) is 17.2 Å². The summed E-state index contributed by atoms with van der Waals surface area (Å²) in [5.41, 5.74) is 5.24. The first-order valence-corrected chi connectivity index (χ1v) is 11.3. The van der Waals surface area contributed by atoms with E-state index in [1.807, 2.05) is 79.7 Å². The number of aromatic nitrogens is 3. The van der Waals surface area contributed by atoms with Gasteiger partial charge in [-0.05, 0) is 36.8 Å². The molecule has 2 N–H and O–H groups in total. The van der Waals surface area contributed by atoms with Crippen molar-refractivity contribution in [1.82, 2.24) is 14.5 Å². The number of para-hydroxylation sites is 1. The smallest absolute Gasteiger partial charge is 0.276 e. The van der Waals surface area contributed by atoms with Gasteiger partial charge in [0.1, 0.15) is 0 Å². The fourth-order valence-corrected chi connectivity index (χ4v) is 4.39. The van der Waals surface area contributed by atoms with Crippen LogP contribution in [-0.2, 0) is 0 Å². The number of nitrogens with one attached hydrogen (secondary N) is 2. The molecule has 0 aliphatic heterocycles. The highest BCUT2D eigenvalue weighted by atomic mass is 32.1. The molecule has 0 atom stereocenters. The van der Waals surface area contributed by atoms with Crippen LogP contribution >= 0.6 is 11.3 Å². The lowest BCUT2D eigenvalue weighted by molar-refractivity contribution is 0.102. The number of carbonyl (C=O) groups is 1. The maximum Gasteiger partial charge on any atom is 0.276 e. The fraction of sp³-hybridized carbons (Fsp3) is 0.0385. The van der Waals surface area contributed by atoms with E-state index in [1.165, 1.54) is 17.7 Å². The topological polar surface area (TPSA) is 75.1 Å².